The number of hydrogen-bond donors (Lipinski definition) is 2. The maximum atomic E-state index is 13.6. The van der Waals surface area contributed by atoms with Crippen LogP contribution in [0.2, 0.25) is 5.02 Å². The van der Waals surface area contributed by atoms with Crippen LogP contribution in [-0.2, 0) is 9.59 Å². The van der Waals surface area contributed by atoms with Gasteiger partial charge in [0.2, 0.25) is 5.91 Å². The van der Waals surface area contributed by atoms with Gasteiger partial charge in [0, 0.05) is 16.1 Å². The van der Waals surface area contributed by atoms with Gasteiger partial charge >= 0.3 is 0 Å². The van der Waals surface area contributed by atoms with Crippen LogP contribution in [0.15, 0.2) is 59.7 Å². The predicted molar refractivity (Wildman–Crippen MR) is 116 cm³/mol. The molecule has 2 bridgehead atoms. The number of hydrazone groups is 1. The Hall–Kier alpha value is -2.66. The van der Waals surface area contributed by atoms with E-state index in [9.17, 15) is 9.59 Å². The quantitative estimate of drug-likeness (QED) is 0.542. The summed E-state index contributed by atoms with van der Waals surface area (Å²) >= 11 is 5.94. The molecule has 4 rings (SSSR count). The zero-order valence-corrected chi connectivity index (χ0v) is 17.5. The standard InChI is InChI=1S/C23H24ClN3O2/c1-21(2)22(3)13-14-23(21,20(29)25-16-11-9-15(24)10-12-16)19(28)18(22)27-26-17-7-5-4-6-8-17/h4-12,26H,13-14H2,1-3H3,(H,25,29)/b27-18+. The number of amides is 1. The van der Waals surface area contributed by atoms with Gasteiger partial charge in [0.05, 0.1) is 5.69 Å². The van der Waals surface area contributed by atoms with Gasteiger partial charge in [0.15, 0.2) is 5.78 Å². The number of ketones is 1. The Balaban J connectivity index is 1.69. The van der Waals surface area contributed by atoms with Crippen molar-refractivity contribution in [2.75, 3.05) is 10.7 Å². The Labute approximate surface area is 175 Å². The highest BCUT2D eigenvalue weighted by Crippen LogP contribution is 2.69. The third kappa shape index (κ3) is 2.71. The molecule has 0 heterocycles. The molecule has 0 aliphatic heterocycles. The van der Waals surface area contributed by atoms with E-state index in [1.165, 1.54) is 0 Å². The van der Waals surface area contributed by atoms with E-state index >= 15 is 0 Å². The minimum atomic E-state index is -1.14. The molecule has 6 heteroatoms. The highest BCUT2D eigenvalue weighted by atomic mass is 35.5. The van der Waals surface area contributed by atoms with Crippen molar-refractivity contribution in [3.8, 4) is 0 Å². The van der Waals surface area contributed by atoms with Gasteiger partial charge < -0.3 is 5.32 Å². The van der Waals surface area contributed by atoms with Crippen LogP contribution in [0.1, 0.15) is 33.6 Å². The lowest BCUT2D eigenvalue weighted by Gasteiger charge is -2.37. The van der Waals surface area contributed by atoms with E-state index in [-0.39, 0.29) is 11.7 Å². The Morgan fingerprint density at radius 2 is 1.62 bits per heavy atom. The summed E-state index contributed by atoms with van der Waals surface area (Å²) in [6.45, 7) is 6.05. The molecule has 2 unspecified atom stereocenters. The third-order valence-corrected chi connectivity index (χ3v) is 7.38. The van der Waals surface area contributed by atoms with Gasteiger partial charge in [0.1, 0.15) is 11.1 Å². The van der Waals surface area contributed by atoms with E-state index in [2.05, 4.69) is 15.8 Å². The molecule has 2 aliphatic rings. The summed E-state index contributed by atoms with van der Waals surface area (Å²) in [5, 5.41) is 8.01. The van der Waals surface area contributed by atoms with Gasteiger partial charge in [-0.2, -0.15) is 5.10 Å². The number of carbonyl (C=O) groups is 2. The highest BCUT2D eigenvalue weighted by molar-refractivity contribution is 6.51. The number of carbonyl (C=O) groups excluding carboxylic acids is 2. The van der Waals surface area contributed by atoms with Gasteiger partial charge in [-0.15, -0.1) is 0 Å². The molecule has 1 amide bonds. The zero-order chi connectivity index (χ0) is 20.9. The lowest BCUT2D eigenvalue weighted by Crippen LogP contribution is -2.47. The number of benzene rings is 2. The fourth-order valence-electron chi connectivity index (χ4n) is 4.88. The van der Waals surface area contributed by atoms with Crippen molar-refractivity contribution in [3.05, 3.63) is 59.6 Å². The summed E-state index contributed by atoms with van der Waals surface area (Å²) in [5.41, 5.74) is 2.68. The SMILES string of the molecule is CC12CCC(C(=O)Nc3ccc(Cl)cc3)(C(=O)/C1=N\Nc1ccccc1)C2(C)C. The largest absolute Gasteiger partial charge is 0.325 e. The smallest absolute Gasteiger partial charge is 0.239 e. The molecule has 2 aliphatic carbocycles. The molecule has 2 fully saturated rings. The molecule has 0 spiro atoms. The van der Waals surface area contributed by atoms with Crippen LogP contribution in [0.4, 0.5) is 11.4 Å². The van der Waals surface area contributed by atoms with Crippen LogP contribution in [0, 0.1) is 16.2 Å². The number of halogens is 1. The molecule has 2 saturated carbocycles. The number of fused-ring (bicyclic) bond motifs is 2. The second-order valence-electron chi connectivity index (χ2n) is 8.59. The maximum Gasteiger partial charge on any atom is 0.239 e. The fraction of sp³-hybridized carbons (Fsp3) is 0.348. The summed E-state index contributed by atoms with van der Waals surface area (Å²) in [5.74, 6) is -0.463. The summed E-state index contributed by atoms with van der Waals surface area (Å²) in [4.78, 5) is 27.0. The van der Waals surface area contributed by atoms with E-state index in [1.54, 1.807) is 24.3 Å². The maximum absolute atomic E-state index is 13.6. The second kappa shape index (κ2) is 6.70. The van der Waals surface area contributed by atoms with E-state index in [4.69, 9.17) is 11.6 Å². The van der Waals surface area contributed by atoms with Gasteiger partial charge in [-0.25, -0.2) is 0 Å². The molecule has 0 radical (unpaired) electrons. The first-order valence-corrected chi connectivity index (χ1v) is 10.1. The van der Waals surface area contributed by atoms with Crippen LogP contribution in [-0.4, -0.2) is 17.4 Å². The Bertz CT molecular complexity index is 1000. The van der Waals surface area contributed by atoms with E-state index in [1.807, 2.05) is 51.1 Å². The van der Waals surface area contributed by atoms with Crippen molar-refractivity contribution in [1.29, 1.82) is 0 Å². The van der Waals surface area contributed by atoms with Gasteiger partial charge in [-0.05, 0) is 54.7 Å². The molecule has 0 saturated heterocycles. The molecule has 150 valence electrons. The molecule has 0 aromatic heterocycles. The molecule has 29 heavy (non-hydrogen) atoms. The number of nitrogens with one attached hydrogen (secondary N) is 2. The first kappa shape index (κ1) is 19.6. The minimum absolute atomic E-state index is 0.189. The Morgan fingerprint density at radius 3 is 2.28 bits per heavy atom. The average Bonchev–Trinajstić information content (AvgIpc) is 2.98. The predicted octanol–water partition coefficient (Wildman–Crippen LogP) is 5.14. The monoisotopic (exact) mass is 409 g/mol. The summed E-state index contributed by atoms with van der Waals surface area (Å²) in [6, 6.07) is 16.4. The summed E-state index contributed by atoms with van der Waals surface area (Å²) < 4.78 is 0. The molecular formula is C23H24ClN3O2. The van der Waals surface area contributed by atoms with Crippen LogP contribution < -0.4 is 10.7 Å². The number of anilines is 2. The number of rotatable bonds is 4. The average molecular weight is 410 g/mol. The molecule has 2 aromatic carbocycles. The van der Waals surface area contributed by atoms with Gasteiger partial charge in [-0.3, -0.25) is 15.0 Å². The fourth-order valence-corrected chi connectivity index (χ4v) is 5.00. The lowest BCUT2D eigenvalue weighted by atomic mass is 9.64. The van der Waals surface area contributed by atoms with E-state index < -0.39 is 16.2 Å². The van der Waals surface area contributed by atoms with Crippen molar-refractivity contribution in [3.63, 3.8) is 0 Å². The third-order valence-electron chi connectivity index (χ3n) is 7.13. The first-order chi connectivity index (χ1) is 13.7. The minimum Gasteiger partial charge on any atom is -0.325 e. The first-order valence-electron chi connectivity index (χ1n) is 9.73. The molecular weight excluding hydrogens is 386 g/mol. The number of para-hydroxylation sites is 1. The summed E-state index contributed by atoms with van der Waals surface area (Å²) in [6.07, 6.45) is 1.24. The molecule has 2 atom stereocenters. The van der Waals surface area contributed by atoms with Crippen LogP contribution in [0.3, 0.4) is 0 Å². The molecule has 2 aromatic rings. The van der Waals surface area contributed by atoms with Crippen molar-refractivity contribution >= 4 is 40.4 Å². The van der Waals surface area contributed by atoms with Crippen molar-refractivity contribution in [1.82, 2.24) is 0 Å². The van der Waals surface area contributed by atoms with E-state index in [0.717, 1.165) is 12.1 Å². The topological polar surface area (TPSA) is 70.6 Å². The second-order valence-corrected chi connectivity index (χ2v) is 9.03. The van der Waals surface area contributed by atoms with Crippen molar-refractivity contribution < 1.29 is 9.59 Å². The van der Waals surface area contributed by atoms with E-state index in [0.29, 0.717) is 22.8 Å². The Morgan fingerprint density at radius 1 is 0.966 bits per heavy atom. The van der Waals surface area contributed by atoms with Crippen molar-refractivity contribution in [2.24, 2.45) is 21.3 Å². The summed E-state index contributed by atoms with van der Waals surface area (Å²) in [7, 11) is 0. The van der Waals surface area contributed by atoms with Gasteiger partial charge in [-0.1, -0.05) is 50.6 Å². The van der Waals surface area contributed by atoms with Gasteiger partial charge in [0.25, 0.3) is 0 Å². The normalized spacial score (nSPS) is 28.6. The van der Waals surface area contributed by atoms with Crippen LogP contribution >= 0.6 is 11.6 Å². The highest BCUT2D eigenvalue weighted by Gasteiger charge is 2.76. The Kier molecular flexibility index (Phi) is 4.54. The van der Waals surface area contributed by atoms with Crippen LogP contribution in [0.25, 0.3) is 0 Å². The molecule has 5 nitrogen and oxygen atoms in total. The van der Waals surface area contributed by atoms with Crippen LogP contribution in [0.5, 0.6) is 0 Å². The number of Topliss-reactive ketones (excluding diaryl/α,β-unsaturated/α-hetero) is 1. The zero-order valence-electron chi connectivity index (χ0n) is 16.8. The number of hydrogen-bond acceptors (Lipinski definition) is 4. The molecule has 2 N–H and O–H groups in total. The lowest BCUT2D eigenvalue weighted by molar-refractivity contribution is -0.139. The van der Waals surface area contributed by atoms with Crippen molar-refractivity contribution in [2.45, 2.75) is 33.6 Å². The number of nitrogens with zero attached hydrogens (tertiary/aromatic N) is 1.